The second kappa shape index (κ2) is 5.65. The molecule has 2 aromatic heterocycles. The van der Waals surface area contributed by atoms with Crippen molar-refractivity contribution in [2.45, 2.75) is 6.42 Å². The van der Waals surface area contributed by atoms with E-state index in [0.717, 1.165) is 9.86 Å². The summed E-state index contributed by atoms with van der Waals surface area (Å²) >= 11 is 3.39. The Labute approximate surface area is 129 Å². The third kappa shape index (κ3) is 2.67. The van der Waals surface area contributed by atoms with Gasteiger partial charge in [0.05, 0.1) is 10.9 Å². The summed E-state index contributed by atoms with van der Waals surface area (Å²) in [6.45, 7) is 0. The van der Waals surface area contributed by atoms with Crippen LogP contribution < -0.4 is 4.90 Å². The molecule has 1 amide bonds. The quantitative estimate of drug-likeness (QED) is 0.731. The van der Waals surface area contributed by atoms with Gasteiger partial charge in [-0.1, -0.05) is 17.3 Å². The molecule has 6 heteroatoms. The number of aromatic nitrogens is 2. The molecule has 0 N–H and O–H groups in total. The van der Waals surface area contributed by atoms with Crippen LogP contribution in [0, 0.1) is 0 Å². The second-order valence-electron chi connectivity index (χ2n) is 4.56. The zero-order valence-electron chi connectivity index (χ0n) is 11.3. The van der Waals surface area contributed by atoms with Crippen LogP contribution in [0.1, 0.15) is 5.69 Å². The number of benzene rings is 1. The number of para-hydroxylation sites is 1. The molecule has 0 radical (unpaired) electrons. The molecule has 106 valence electrons. The fourth-order valence-corrected chi connectivity index (χ4v) is 2.59. The van der Waals surface area contributed by atoms with Gasteiger partial charge in [-0.2, -0.15) is 0 Å². The van der Waals surface area contributed by atoms with Crippen molar-refractivity contribution in [3.63, 3.8) is 0 Å². The first kappa shape index (κ1) is 13.8. The maximum absolute atomic E-state index is 12.4. The van der Waals surface area contributed by atoms with E-state index in [2.05, 4.69) is 26.1 Å². The zero-order chi connectivity index (χ0) is 14.8. The Hall–Kier alpha value is -2.21. The Morgan fingerprint density at radius 1 is 1.29 bits per heavy atom. The van der Waals surface area contributed by atoms with Gasteiger partial charge in [-0.3, -0.25) is 9.69 Å². The van der Waals surface area contributed by atoms with E-state index in [1.54, 1.807) is 19.3 Å². The number of anilines is 1. The molecule has 0 aliphatic carbocycles. The zero-order valence-corrected chi connectivity index (χ0v) is 12.9. The smallest absolute Gasteiger partial charge is 0.234 e. The molecule has 21 heavy (non-hydrogen) atoms. The number of likely N-dealkylation sites (N-methyl/N-ethyl adjacent to an activating group) is 1. The van der Waals surface area contributed by atoms with E-state index in [9.17, 15) is 4.79 Å². The number of pyridine rings is 1. The van der Waals surface area contributed by atoms with Crippen LogP contribution >= 0.6 is 15.9 Å². The Kier molecular flexibility index (Phi) is 3.70. The minimum absolute atomic E-state index is 0.103. The van der Waals surface area contributed by atoms with Gasteiger partial charge in [0.1, 0.15) is 11.5 Å². The van der Waals surface area contributed by atoms with Gasteiger partial charge < -0.3 is 4.52 Å². The lowest BCUT2D eigenvalue weighted by Crippen LogP contribution is -2.29. The van der Waals surface area contributed by atoms with Crippen LogP contribution in [0.4, 0.5) is 5.82 Å². The molecule has 0 spiro atoms. The van der Waals surface area contributed by atoms with Gasteiger partial charge in [-0.05, 0) is 40.2 Å². The van der Waals surface area contributed by atoms with Gasteiger partial charge >= 0.3 is 0 Å². The summed E-state index contributed by atoms with van der Waals surface area (Å²) < 4.78 is 5.98. The van der Waals surface area contributed by atoms with E-state index in [0.29, 0.717) is 17.1 Å². The average molecular weight is 346 g/mol. The molecule has 0 bridgehead atoms. The van der Waals surface area contributed by atoms with Gasteiger partial charge in [-0.15, -0.1) is 0 Å². The van der Waals surface area contributed by atoms with Crippen LogP contribution in [-0.4, -0.2) is 23.1 Å². The summed E-state index contributed by atoms with van der Waals surface area (Å²) in [6.07, 6.45) is 1.81. The molecule has 0 saturated heterocycles. The third-order valence-electron chi connectivity index (χ3n) is 3.20. The normalized spacial score (nSPS) is 10.8. The lowest BCUT2D eigenvalue weighted by atomic mass is 10.1. The number of nitrogens with zero attached hydrogens (tertiary/aromatic N) is 3. The Morgan fingerprint density at radius 3 is 2.90 bits per heavy atom. The number of carbonyl (C=O) groups is 1. The number of hydrogen-bond acceptors (Lipinski definition) is 4. The van der Waals surface area contributed by atoms with Crippen molar-refractivity contribution in [3.8, 4) is 0 Å². The topological polar surface area (TPSA) is 59.2 Å². The SMILES string of the molecule is CN(C(=O)Cc1noc2ccccc12)c1ncccc1Br. The van der Waals surface area contributed by atoms with Crippen molar-refractivity contribution < 1.29 is 9.32 Å². The maximum Gasteiger partial charge on any atom is 0.234 e. The molecule has 0 atom stereocenters. The first-order valence-electron chi connectivity index (χ1n) is 6.37. The lowest BCUT2D eigenvalue weighted by molar-refractivity contribution is -0.117. The van der Waals surface area contributed by atoms with Crippen LogP contribution in [0.2, 0.25) is 0 Å². The Bertz CT molecular complexity index is 800. The minimum atomic E-state index is -0.103. The molecule has 0 fully saturated rings. The summed E-state index contributed by atoms with van der Waals surface area (Å²) in [5.74, 6) is 0.476. The summed E-state index contributed by atoms with van der Waals surface area (Å²) in [7, 11) is 1.69. The molecule has 3 aromatic rings. The monoisotopic (exact) mass is 345 g/mol. The molecule has 2 heterocycles. The minimum Gasteiger partial charge on any atom is -0.356 e. The fraction of sp³-hybridized carbons (Fsp3) is 0.133. The number of fused-ring (bicyclic) bond motifs is 1. The van der Waals surface area contributed by atoms with Crippen LogP contribution in [0.25, 0.3) is 11.0 Å². The van der Waals surface area contributed by atoms with Crippen molar-refractivity contribution in [2.24, 2.45) is 0 Å². The highest BCUT2D eigenvalue weighted by Crippen LogP contribution is 2.23. The molecule has 3 rings (SSSR count). The van der Waals surface area contributed by atoms with Crippen LogP contribution in [0.15, 0.2) is 51.6 Å². The molecule has 5 nitrogen and oxygen atoms in total. The third-order valence-corrected chi connectivity index (χ3v) is 3.82. The predicted octanol–water partition coefficient (Wildman–Crippen LogP) is 3.19. The van der Waals surface area contributed by atoms with Gasteiger partial charge in [0.15, 0.2) is 5.58 Å². The van der Waals surface area contributed by atoms with Gasteiger partial charge in [0.2, 0.25) is 5.91 Å². The van der Waals surface area contributed by atoms with Crippen molar-refractivity contribution in [1.82, 2.24) is 10.1 Å². The largest absolute Gasteiger partial charge is 0.356 e. The number of halogens is 1. The van der Waals surface area contributed by atoms with Crippen molar-refractivity contribution in [3.05, 3.63) is 52.8 Å². The summed E-state index contributed by atoms with van der Waals surface area (Å²) in [4.78, 5) is 18.1. The number of carbonyl (C=O) groups excluding carboxylic acids is 1. The van der Waals surface area contributed by atoms with E-state index >= 15 is 0 Å². The maximum atomic E-state index is 12.4. The van der Waals surface area contributed by atoms with Crippen LogP contribution in [0.3, 0.4) is 0 Å². The Morgan fingerprint density at radius 2 is 2.10 bits per heavy atom. The summed E-state index contributed by atoms with van der Waals surface area (Å²) in [6, 6.07) is 11.1. The molecule has 0 aliphatic rings. The van der Waals surface area contributed by atoms with Crippen molar-refractivity contribution in [2.75, 3.05) is 11.9 Å². The van der Waals surface area contributed by atoms with E-state index in [-0.39, 0.29) is 12.3 Å². The van der Waals surface area contributed by atoms with Gasteiger partial charge in [-0.25, -0.2) is 4.98 Å². The standard InChI is InChI=1S/C15H12BrN3O2/c1-19(15-11(16)6-4-8-17-15)14(20)9-12-10-5-2-3-7-13(10)21-18-12/h2-8H,9H2,1H3. The van der Waals surface area contributed by atoms with Gasteiger partial charge in [0, 0.05) is 18.6 Å². The molecular weight excluding hydrogens is 334 g/mol. The number of hydrogen-bond donors (Lipinski definition) is 0. The Balaban J connectivity index is 1.85. The lowest BCUT2D eigenvalue weighted by Gasteiger charge is -2.16. The van der Waals surface area contributed by atoms with E-state index in [1.165, 1.54) is 4.90 Å². The highest BCUT2D eigenvalue weighted by molar-refractivity contribution is 9.10. The average Bonchev–Trinajstić information content (AvgIpc) is 2.90. The summed E-state index contributed by atoms with van der Waals surface area (Å²) in [5, 5.41) is 4.84. The van der Waals surface area contributed by atoms with Crippen molar-refractivity contribution >= 4 is 38.6 Å². The highest BCUT2D eigenvalue weighted by atomic mass is 79.9. The van der Waals surface area contributed by atoms with Gasteiger partial charge in [0.25, 0.3) is 0 Å². The fourth-order valence-electron chi connectivity index (χ4n) is 2.07. The first-order valence-corrected chi connectivity index (χ1v) is 7.16. The molecular formula is C15H12BrN3O2. The van der Waals surface area contributed by atoms with Crippen LogP contribution in [0.5, 0.6) is 0 Å². The molecule has 0 unspecified atom stereocenters. The predicted molar refractivity (Wildman–Crippen MR) is 83.1 cm³/mol. The summed E-state index contributed by atoms with van der Waals surface area (Å²) in [5.41, 5.74) is 1.32. The first-order chi connectivity index (χ1) is 10.2. The van der Waals surface area contributed by atoms with Crippen molar-refractivity contribution in [1.29, 1.82) is 0 Å². The molecule has 0 aliphatic heterocycles. The molecule has 1 aromatic carbocycles. The molecule has 0 saturated carbocycles. The second-order valence-corrected chi connectivity index (χ2v) is 5.42. The van der Waals surface area contributed by atoms with E-state index in [1.807, 2.05) is 30.3 Å². The van der Waals surface area contributed by atoms with E-state index < -0.39 is 0 Å². The number of amides is 1. The number of rotatable bonds is 3. The van der Waals surface area contributed by atoms with Crippen LogP contribution in [-0.2, 0) is 11.2 Å². The van der Waals surface area contributed by atoms with E-state index in [4.69, 9.17) is 4.52 Å². The highest BCUT2D eigenvalue weighted by Gasteiger charge is 2.18.